The predicted octanol–water partition coefficient (Wildman–Crippen LogP) is 2.45. The first-order chi connectivity index (χ1) is 10.8. The SMILES string of the molecule is Cl.Cl.Oc1nc(N2CCOCC2)[nH]c1/C=C1\C=Nc2ncccc21. The molecule has 0 saturated carbocycles. The number of nitrogens with one attached hydrogen (secondary N) is 1. The third-order valence-corrected chi connectivity index (χ3v) is 3.73. The molecule has 0 bridgehead atoms. The van der Waals surface area contributed by atoms with Crippen molar-refractivity contribution in [2.75, 3.05) is 31.2 Å². The normalized spacial score (nSPS) is 17.3. The summed E-state index contributed by atoms with van der Waals surface area (Å²) in [7, 11) is 0. The topological polar surface area (TPSA) is 86.6 Å². The maximum Gasteiger partial charge on any atom is 0.238 e. The first-order valence-corrected chi connectivity index (χ1v) is 7.14. The van der Waals surface area contributed by atoms with Gasteiger partial charge in [-0.3, -0.25) is 0 Å². The Labute approximate surface area is 151 Å². The van der Waals surface area contributed by atoms with E-state index in [0.29, 0.717) is 30.7 Å². The fourth-order valence-electron chi connectivity index (χ4n) is 2.59. The van der Waals surface area contributed by atoms with Crippen LogP contribution in [0.1, 0.15) is 11.3 Å². The average molecular weight is 370 g/mol. The van der Waals surface area contributed by atoms with Gasteiger partial charge in [-0.15, -0.1) is 24.8 Å². The lowest BCUT2D eigenvalue weighted by Crippen LogP contribution is -2.36. The van der Waals surface area contributed by atoms with E-state index < -0.39 is 0 Å². The van der Waals surface area contributed by atoms with E-state index in [2.05, 4.69) is 24.8 Å². The van der Waals surface area contributed by atoms with Crippen LogP contribution in [0.2, 0.25) is 0 Å². The lowest BCUT2D eigenvalue weighted by molar-refractivity contribution is 0.122. The Morgan fingerprint density at radius 1 is 1.25 bits per heavy atom. The fourth-order valence-corrected chi connectivity index (χ4v) is 2.59. The van der Waals surface area contributed by atoms with Crippen molar-refractivity contribution in [2.24, 2.45) is 4.99 Å². The van der Waals surface area contributed by atoms with Crippen molar-refractivity contribution >= 4 is 54.4 Å². The minimum atomic E-state index is -0.0141. The van der Waals surface area contributed by atoms with Gasteiger partial charge in [0.05, 0.1) is 13.2 Å². The van der Waals surface area contributed by atoms with E-state index in [4.69, 9.17) is 4.74 Å². The molecule has 7 nitrogen and oxygen atoms in total. The number of aliphatic imine (C=N–C) groups is 1. The third kappa shape index (κ3) is 3.38. The molecule has 0 amide bonds. The molecular weight excluding hydrogens is 353 g/mol. The summed E-state index contributed by atoms with van der Waals surface area (Å²) in [5, 5.41) is 10.1. The Kier molecular flexibility index (Phi) is 5.82. The Balaban J connectivity index is 0.00000104. The van der Waals surface area contributed by atoms with Crippen LogP contribution in [0.25, 0.3) is 11.6 Å². The van der Waals surface area contributed by atoms with Crippen LogP contribution >= 0.6 is 24.8 Å². The number of ether oxygens (including phenoxy) is 1. The number of H-pyrrole nitrogens is 1. The van der Waals surface area contributed by atoms with Crippen molar-refractivity contribution in [1.29, 1.82) is 0 Å². The number of anilines is 1. The minimum absolute atomic E-state index is 0. The maximum absolute atomic E-state index is 10.1. The molecule has 0 aromatic carbocycles. The smallest absolute Gasteiger partial charge is 0.238 e. The molecule has 2 aliphatic rings. The lowest BCUT2D eigenvalue weighted by Gasteiger charge is -2.25. The lowest BCUT2D eigenvalue weighted by atomic mass is 10.1. The van der Waals surface area contributed by atoms with Gasteiger partial charge >= 0.3 is 0 Å². The van der Waals surface area contributed by atoms with Crippen molar-refractivity contribution in [3.8, 4) is 5.88 Å². The molecule has 0 unspecified atom stereocenters. The molecule has 2 N–H and O–H groups in total. The summed E-state index contributed by atoms with van der Waals surface area (Å²) in [4.78, 5) is 17.9. The van der Waals surface area contributed by atoms with Gasteiger partial charge in [-0.2, -0.15) is 4.98 Å². The van der Waals surface area contributed by atoms with E-state index in [1.165, 1.54) is 0 Å². The van der Waals surface area contributed by atoms with Gasteiger partial charge in [0.25, 0.3) is 0 Å². The molecule has 0 spiro atoms. The zero-order valence-electron chi connectivity index (χ0n) is 12.7. The predicted molar refractivity (Wildman–Crippen MR) is 98.0 cm³/mol. The standard InChI is InChI=1S/C15H15N5O2.2ClH/c21-14-12(18-15(19-14)20-4-6-22-7-5-20)8-10-9-17-13-11(10)2-1-3-16-13;;/h1-3,8-9,21H,4-7H2,(H,18,19);2*1H/b10-8+;;. The van der Waals surface area contributed by atoms with Crippen LogP contribution in [-0.2, 0) is 4.74 Å². The van der Waals surface area contributed by atoms with Crippen LogP contribution < -0.4 is 4.90 Å². The van der Waals surface area contributed by atoms with E-state index in [9.17, 15) is 5.11 Å². The Bertz CT molecular complexity index is 769. The van der Waals surface area contributed by atoms with Crippen LogP contribution in [0.3, 0.4) is 0 Å². The second kappa shape index (κ2) is 7.65. The van der Waals surface area contributed by atoms with Crippen LogP contribution in [0.15, 0.2) is 23.3 Å². The van der Waals surface area contributed by atoms with E-state index in [-0.39, 0.29) is 30.7 Å². The van der Waals surface area contributed by atoms with Crippen molar-refractivity contribution in [3.63, 3.8) is 0 Å². The fraction of sp³-hybridized carbons (Fsp3) is 0.267. The molecule has 4 heterocycles. The van der Waals surface area contributed by atoms with Crippen LogP contribution in [0.4, 0.5) is 11.8 Å². The molecular formula is C15H17Cl2N5O2. The average Bonchev–Trinajstić information content (AvgIpc) is 3.13. The number of morpholine rings is 1. The quantitative estimate of drug-likeness (QED) is 0.848. The number of hydrogen-bond acceptors (Lipinski definition) is 6. The highest BCUT2D eigenvalue weighted by Gasteiger charge is 2.18. The summed E-state index contributed by atoms with van der Waals surface area (Å²) in [6.45, 7) is 2.86. The highest BCUT2D eigenvalue weighted by Crippen LogP contribution is 2.32. The first-order valence-electron chi connectivity index (χ1n) is 7.14. The van der Waals surface area contributed by atoms with Gasteiger partial charge in [-0.1, -0.05) is 0 Å². The number of fused-ring (bicyclic) bond motifs is 1. The summed E-state index contributed by atoms with van der Waals surface area (Å²) in [5.41, 5.74) is 2.42. The molecule has 0 atom stereocenters. The summed E-state index contributed by atoms with van der Waals surface area (Å²) >= 11 is 0. The van der Waals surface area contributed by atoms with E-state index in [1.807, 2.05) is 18.2 Å². The Morgan fingerprint density at radius 2 is 2.04 bits per heavy atom. The van der Waals surface area contributed by atoms with Gasteiger partial charge in [0.1, 0.15) is 5.69 Å². The number of imidazole rings is 1. The highest BCUT2D eigenvalue weighted by molar-refractivity contribution is 6.20. The minimum Gasteiger partial charge on any atom is -0.492 e. The van der Waals surface area contributed by atoms with Crippen molar-refractivity contribution in [1.82, 2.24) is 15.0 Å². The van der Waals surface area contributed by atoms with Gasteiger partial charge in [-0.05, 0) is 18.2 Å². The molecule has 2 aromatic rings. The summed E-state index contributed by atoms with van der Waals surface area (Å²) in [5.74, 6) is 1.34. The Morgan fingerprint density at radius 3 is 2.83 bits per heavy atom. The van der Waals surface area contributed by atoms with Crippen LogP contribution in [0, 0.1) is 0 Å². The summed E-state index contributed by atoms with van der Waals surface area (Å²) in [6.07, 6.45) is 5.29. The van der Waals surface area contributed by atoms with Gasteiger partial charge in [0.2, 0.25) is 11.8 Å². The van der Waals surface area contributed by atoms with Gasteiger partial charge < -0.3 is 19.7 Å². The number of aromatic amines is 1. The molecule has 128 valence electrons. The van der Waals surface area contributed by atoms with Crippen molar-refractivity contribution in [2.45, 2.75) is 0 Å². The second-order valence-corrected chi connectivity index (χ2v) is 5.13. The van der Waals surface area contributed by atoms with Crippen LogP contribution in [-0.4, -0.2) is 52.6 Å². The van der Waals surface area contributed by atoms with Gasteiger partial charge in [-0.25, -0.2) is 9.98 Å². The molecule has 24 heavy (non-hydrogen) atoms. The molecule has 9 heteroatoms. The molecule has 1 fully saturated rings. The zero-order chi connectivity index (χ0) is 14.9. The summed E-state index contributed by atoms with van der Waals surface area (Å²) < 4.78 is 5.32. The van der Waals surface area contributed by atoms with E-state index in [0.717, 1.165) is 24.2 Å². The van der Waals surface area contributed by atoms with Crippen molar-refractivity contribution in [3.05, 3.63) is 29.6 Å². The number of nitrogens with zero attached hydrogens (tertiary/aromatic N) is 4. The highest BCUT2D eigenvalue weighted by atomic mass is 35.5. The molecule has 1 saturated heterocycles. The maximum atomic E-state index is 10.1. The molecule has 2 aromatic heterocycles. The monoisotopic (exact) mass is 369 g/mol. The number of halogens is 2. The second-order valence-electron chi connectivity index (χ2n) is 5.13. The summed E-state index contributed by atoms with van der Waals surface area (Å²) in [6, 6.07) is 3.82. The number of pyridine rings is 1. The molecule has 2 aliphatic heterocycles. The molecule has 0 aliphatic carbocycles. The van der Waals surface area contributed by atoms with Gasteiger partial charge in [0, 0.05) is 36.6 Å². The number of aromatic nitrogens is 3. The van der Waals surface area contributed by atoms with E-state index in [1.54, 1.807) is 12.4 Å². The van der Waals surface area contributed by atoms with Gasteiger partial charge in [0.15, 0.2) is 5.82 Å². The number of hydrogen-bond donors (Lipinski definition) is 2. The first kappa shape index (κ1) is 18.3. The number of rotatable bonds is 2. The number of allylic oxidation sites excluding steroid dienone is 1. The van der Waals surface area contributed by atoms with Crippen molar-refractivity contribution < 1.29 is 9.84 Å². The zero-order valence-corrected chi connectivity index (χ0v) is 14.3. The molecule has 0 radical (unpaired) electrons. The number of aromatic hydroxyl groups is 1. The Hall–Kier alpha value is -2.09. The third-order valence-electron chi connectivity index (χ3n) is 3.73. The largest absolute Gasteiger partial charge is 0.492 e. The van der Waals surface area contributed by atoms with E-state index >= 15 is 0 Å². The van der Waals surface area contributed by atoms with Crippen LogP contribution in [0.5, 0.6) is 5.88 Å². The molecule has 4 rings (SSSR count).